The highest BCUT2D eigenvalue weighted by Gasteiger charge is 2.23. The standard InChI is InChI=1S/C15H20N6O/c1-10-4-3-5-13(17-10)18-15(22)14-11(2)21(20-19-14)12-6-8-16-9-7-12/h3-5,12,16H,6-9H2,1-2H3,(H,17,18,22). The summed E-state index contributed by atoms with van der Waals surface area (Å²) < 4.78 is 1.87. The van der Waals surface area contributed by atoms with Crippen molar-refractivity contribution in [1.29, 1.82) is 0 Å². The third-order valence-corrected chi connectivity index (χ3v) is 3.93. The molecule has 7 nitrogen and oxygen atoms in total. The lowest BCUT2D eigenvalue weighted by molar-refractivity contribution is 0.102. The molecule has 2 N–H and O–H groups in total. The first-order chi connectivity index (χ1) is 10.6. The van der Waals surface area contributed by atoms with E-state index in [1.165, 1.54) is 0 Å². The summed E-state index contributed by atoms with van der Waals surface area (Å²) >= 11 is 0. The van der Waals surface area contributed by atoms with Crippen molar-refractivity contribution in [3.8, 4) is 0 Å². The minimum absolute atomic E-state index is 0.268. The first-order valence-corrected chi connectivity index (χ1v) is 7.52. The normalized spacial score (nSPS) is 15.7. The summed E-state index contributed by atoms with van der Waals surface area (Å²) in [6.45, 7) is 5.71. The second-order valence-electron chi connectivity index (χ2n) is 5.57. The number of hydrogen-bond donors (Lipinski definition) is 2. The maximum atomic E-state index is 12.4. The van der Waals surface area contributed by atoms with Crippen molar-refractivity contribution in [2.75, 3.05) is 18.4 Å². The molecule has 0 unspecified atom stereocenters. The number of amides is 1. The molecule has 0 radical (unpaired) electrons. The highest BCUT2D eigenvalue weighted by Crippen LogP contribution is 2.20. The van der Waals surface area contributed by atoms with Gasteiger partial charge >= 0.3 is 0 Å². The summed E-state index contributed by atoms with van der Waals surface area (Å²) in [6.07, 6.45) is 2.01. The van der Waals surface area contributed by atoms with Gasteiger partial charge < -0.3 is 10.6 Å². The highest BCUT2D eigenvalue weighted by molar-refractivity contribution is 6.02. The van der Waals surface area contributed by atoms with Crippen molar-refractivity contribution >= 4 is 11.7 Å². The maximum absolute atomic E-state index is 12.4. The van der Waals surface area contributed by atoms with E-state index in [-0.39, 0.29) is 5.91 Å². The van der Waals surface area contributed by atoms with Crippen LogP contribution in [0.2, 0.25) is 0 Å². The van der Waals surface area contributed by atoms with Gasteiger partial charge in [0.2, 0.25) is 0 Å². The van der Waals surface area contributed by atoms with Crippen molar-refractivity contribution in [1.82, 2.24) is 25.3 Å². The largest absolute Gasteiger partial charge is 0.317 e. The molecule has 2 aromatic rings. The smallest absolute Gasteiger partial charge is 0.279 e. The van der Waals surface area contributed by atoms with Crippen LogP contribution >= 0.6 is 0 Å². The molecule has 1 aliphatic heterocycles. The van der Waals surface area contributed by atoms with E-state index in [1.807, 2.05) is 30.7 Å². The SMILES string of the molecule is Cc1cccc(NC(=O)c2nnn(C3CCNCC3)c2C)n1. The van der Waals surface area contributed by atoms with E-state index in [9.17, 15) is 4.79 Å². The van der Waals surface area contributed by atoms with Gasteiger partial charge in [-0.2, -0.15) is 0 Å². The Hall–Kier alpha value is -2.28. The van der Waals surface area contributed by atoms with Gasteiger partial charge in [-0.3, -0.25) is 4.79 Å². The number of anilines is 1. The fraction of sp³-hybridized carbons (Fsp3) is 0.467. The maximum Gasteiger partial charge on any atom is 0.279 e. The minimum atomic E-state index is -0.268. The van der Waals surface area contributed by atoms with Crippen LogP contribution in [-0.4, -0.2) is 39.0 Å². The first-order valence-electron chi connectivity index (χ1n) is 7.52. The van der Waals surface area contributed by atoms with Crippen LogP contribution in [0.4, 0.5) is 5.82 Å². The van der Waals surface area contributed by atoms with E-state index in [2.05, 4.69) is 25.9 Å². The Balaban J connectivity index is 1.77. The Bertz CT molecular complexity index is 674. The Morgan fingerprint density at radius 2 is 2.09 bits per heavy atom. The average molecular weight is 300 g/mol. The van der Waals surface area contributed by atoms with Gasteiger partial charge in [-0.25, -0.2) is 9.67 Å². The molecule has 3 rings (SSSR count). The number of carbonyl (C=O) groups excluding carboxylic acids is 1. The second kappa shape index (κ2) is 6.23. The summed E-state index contributed by atoms with van der Waals surface area (Å²) in [5.74, 6) is 0.261. The Morgan fingerprint density at radius 3 is 2.82 bits per heavy atom. The molecule has 1 amide bonds. The minimum Gasteiger partial charge on any atom is -0.317 e. The number of pyridine rings is 1. The zero-order valence-electron chi connectivity index (χ0n) is 12.8. The van der Waals surface area contributed by atoms with Crippen molar-refractivity contribution in [2.24, 2.45) is 0 Å². The van der Waals surface area contributed by atoms with Gasteiger partial charge in [-0.1, -0.05) is 11.3 Å². The van der Waals surface area contributed by atoms with Gasteiger partial charge in [0.1, 0.15) is 5.82 Å². The Morgan fingerprint density at radius 1 is 1.32 bits per heavy atom. The molecule has 3 heterocycles. The lowest BCUT2D eigenvalue weighted by Crippen LogP contribution is -2.30. The van der Waals surface area contributed by atoms with E-state index in [4.69, 9.17) is 0 Å². The van der Waals surface area contributed by atoms with Crippen molar-refractivity contribution in [3.05, 3.63) is 35.3 Å². The van der Waals surface area contributed by atoms with Gasteiger partial charge in [-0.05, 0) is 51.9 Å². The van der Waals surface area contributed by atoms with Crippen LogP contribution in [0.5, 0.6) is 0 Å². The molecule has 0 saturated carbocycles. The topological polar surface area (TPSA) is 84.7 Å². The predicted molar refractivity (Wildman–Crippen MR) is 82.8 cm³/mol. The van der Waals surface area contributed by atoms with Crippen LogP contribution in [0.25, 0.3) is 0 Å². The van der Waals surface area contributed by atoms with E-state index < -0.39 is 0 Å². The van der Waals surface area contributed by atoms with E-state index in [1.54, 1.807) is 6.07 Å². The van der Waals surface area contributed by atoms with Crippen LogP contribution < -0.4 is 10.6 Å². The zero-order valence-corrected chi connectivity index (χ0v) is 12.8. The Kier molecular flexibility index (Phi) is 4.15. The molecule has 1 saturated heterocycles. The number of hydrogen-bond acceptors (Lipinski definition) is 5. The molecule has 116 valence electrons. The molecule has 7 heteroatoms. The van der Waals surface area contributed by atoms with Crippen LogP contribution in [0, 0.1) is 13.8 Å². The predicted octanol–water partition coefficient (Wildman–Crippen LogP) is 1.47. The lowest BCUT2D eigenvalue weighted by Gasteiger charge is -2.23. The third kappa shape index (κ3) is 2.99. The van der Waals surface area contributed by atoms with Gasteiger partial charge in [-0.15, -0.1) is 5.10 Å². The number of rotatable bonds is 3. The number of aromatic nitrogens is 4. The second-order valence-corrected chi connectivity index (χ2v) is 5.57. The molecule has 0 aromatic carbocycles. The number of carbonyl (C=O) groups is 1. The molecule has 22 heavy (non-hydrogen) atoms. The zero-order chi connectivity index (χ0) is 15.5. The van der Waals surface area contributed by atoms with Crippen LogP contribution in [-0.2, 0) is 0 Å². The highest BCUT2D eigenvalue weighted by atomic mass is 16.2. The van der Waals surface area contributed by atoms with Gasteiger partial charge in [0, 0.05) is 5.69 Å². The molecule has 0 spiro atoms. The van der Waals surface area contributed by atoms with Crippen molar-refractivity contribution in [2.45, 2.75) is 32.7 Å². The number of aryl methyl sites for hydroxylation is 1. The van der Waals surface area contributed by atoms with E-state index in [0.29, 0.717) is 17.6 Å². The fourth-order valence-corrected chi connectivity index (χ4v) is 2.74. The first kappa shape index (κ1) is 14.6. The summed E-state index contributed by atoms with van der Waals surface area (Å²) in [7, 11) is 0. The molecule has 0 bridgehead atoms. The molecular formula is C15H20N6O. The monoisotopic (exact) mass is 300 g/mol. The number of nitrogens with zero attached hydrogens (tertiary/aromatic N) is 4. The third-order valence-electron chi connectivity index (χ3n) is 3.93. The molecular weight excluding hydrogens is 280 g/mol. The average Bonchev–Trinajstić information content (AvgIpc) is 2.90. The summed E-state index contributed by atoms with van der Waals surface area (Å²) in [6, 6.07) is 5.81. The number of piperidine rings is 1. The van der Waals surface area contributed by atoms with E-state index in [0.717, 1.165) is 37.3 Å². The van der Waals surface area contributed by atoms with Gasteiger partial charge in [0.25, 0.3) is 5.91 Å². The summed E-state index contributed by atoms with van der Waals surface area (Å²) in [5.41, 5.74) is 2.02. The molecule has 0 aliphatic carbocycles. The number of nitrogens with one attached hydrogen (secondary N) is 2. The van der Waals surface area contributed by atoms with Gasteiger partial charge in [0.05, 0.1) is 11.7 Å². The quantitative estimate of drug-likeness (QED) is 0.896. The molecule has 1 fully saturated rings. The van der Waals surface area contributed by atoms with Crippen LogP contribution in [0.1, 0.15) is 40.8 Å². The van der Waals surface area contributed by atoms with E-state index >= 15 is 0 Å². The summed E-state index contributed by atoms with van der Waals surface area (Å²) in [4.78, 5) is 16.6. The molecule has 0 atom stereocenters. The molecule has 1 aliphatic rings. The lowest BCUT2D eigenvalue weighted by atomic mass is 10.1. The summed E-state index contributed by atoms with van der Waals surface area (Å²) in [5, 5.41) is 14.3. The Labute approximate surface area is 129 Å². The fourth-order valence-electron chi connectivity index (χ4n) is 2.74. The van der Waals surface area contributed by atoms with Crippen molar-refractivity contribution in [3.63, 3.8) is 0 Å². The van der Waals surface area contributed by atoms with Crippen molar-refractivity contribution < 1.29 is 4.79 Å². The van der Waals surface area contributed by atoms with Gasteiger partial charge in [0.15, 0.2) is 5.69 Å². The van der Waals surface area contributed by atoms with Crippen LogP contribution in [0.3, 0.4) is 0 Å². The molecule has 2 aromatic heterocycles. The van der Waals surface area contributed by atoms with Crippen LogP contribution in [0.15, 0.2) is 18.2 Å².